The Morgan fingerprint density at radius 3 is 2.44 bits per heavy atom. The van der Waals surface area contributed by atoms with E-state index in [4.69, 9.17) is 12.2 Å². The minimum atomic E-state index is -0.0113. The van der Waals surface area contributed by atoms with E-state index in [0.717, 1.165) is 21.0 Å². The van der Waals surface area contributed by atoms with Crippen LogP contribution in [0.5, 0.6) is 0 Å². The van der Waals surface area contributed by atoms with Crippen molar-refractivity contribution in [2.45, 2.75) is 25.9 Å². The molecule has 27 heavy (non-hydrogen) atoms. The van der Waals surface area contributed by atoms with E-state index in [-0.39, 0.29) is 12.1 Å². The number of aromatic nitrogens is 2. The number of nitrogens with one attached hydrogen (secondary N) is 1. The predicted molar refractivity (Wildman–Crippen MR) is 117 cm³/mol. The largest absolute Gasteiger partial charge is 0.352 e. The third-order valence-corrected chi connectivity index (χ3v) is 6.18. The molecule has 138 valence electrons. The number of hydrogen-bond donors (Lipinski definition) is 1. The number of halogens is 1. The highest BCUT2D eigenvalue weighted by Gasteiger charge is 2.42. The Labute approximate surface area is 173 Å². The van der Waals surface area contributed by atoms with E-state index in [9.17, 15) is 0 Å². The van der Waals surface area contributed by atoms with Crippen molar-refractivity contribution in [3.63, 3.8) is 0 Å². The summed E-state index contributed by atoms with van der Waals surface area (Å²) in [5, 5.41) is 4.23. The molecule has 0 aliphatic carbocycles. The van der Waals surface area contributed by atoms with Crippen molar-refractivity contribution in [3.8, 4) is 0 Å². The van der Waals surface area contributed by atoms with Gasteiger partial charge >= 0.3 is 0 Å². The molecule has 6 heteroatoms. The molecule has 0 spiro atoms. The molecular formula is C21H21BrN4S. The molecule has 0 bridgehead atoms. The molecule has 1 saturated heterocycles. The van der Waals surface area contributed by atoms with E-state index in [2.05, 4.69) is 80.9 Å². The second-order valence-corrected chi connectivity index (χ2v) is 8.16. The zero-order valence-electron chi connectivity index (χ0n) is 15.5. The summed E-state index contributed by atoms with van der Waals surface area (Å²) in [6, 6.07) is 16.6. The van der Waals surface area contributed by atoms with Gasteiger partial charge < -0.3 is 14.8 Å². The number of anilines is 1. The molecule has 4 rings (SSSR count). The molecule has 1 N–H and O–H groups in total. The molecule has 1 aromatic carbocycles. The van der Waals surface area contributed by atoms with Crippen LogP contribution in [0.2, 0.25) is 0 Å². The van der Waals surface area contributed by atoms with E-state index < -0.39 is 0 Å². The first-order valence-corrected chi connectivity index (χ1v) is 10.1. The molecule has 3 aromatic rings. The van der Waals surface area contributed by atoms with Gasteiger partial charge in [0.1, 0.15) is 0 Å². The van der Waals surface area contributed by atoms with Gasteiger partial charge in [0, 0.05) is 34.8 Å². The predicted octanol–water partition coefficient (Wildman–Crippen LogP) is 4.98. The molecule has 0 unspecified atom stereocenters. The van der Waals surface area contributed by atoms with Crippen LogP contribution in [0.3, 0.4) is 0 Å². The summed E-state index contributed by atoms with van der Waals surface area (Å²) in [5.41, 5.74) is 5.80. The Balaban J connectivity index is 1.87. The third kappa shape index (κ3) is 3.17. The fourth-order valence-electron chi connectivity index (χ4n) is 3.73. The normalized spacial score (nSPS) is 19.4. The van der Waals surface area contributed by atoms with Gasteiger partial charge in [0.15, 0.2) is 5.11 Å². The van der Waals surface area contributed by atoms with E-state index in [1.165, 1.54) is 17.0 Å². The Morgan fingerprint density at radius 1 is 1.11 bits per heavy atom. The Kier molecular flexibility index (Phi) is 4.78. The SMILES string of the molecule is Cc1cc([C@@H]2[C@H](c3ccccn3)NC(=S)N2c2ccc(Br)cc2)c(C)n1C. The first kappa shape index (κ1) is 18.2. The summed E-state index contributed by atoms with van der Waals surface area (Å²) < 4.78 is 3.28. The standard InChI is InChI=1S/C21H21BrN4S/c1-13-12-17(14(2)25(13)3)20-19(18-6-4-5-11-23-18)24-21(27)26(20)16-9-7-15(22)8-10-16/h4-12,19-20H,1-3H3,(H,24,27)/t19-,20+/m0/s1. The van der Waals surface area contributed by atoms with Crippen LogP contribution < -0.4 is 10.2 Å². The Morgan fingerprint density at radius 2 is 1.85 bits per heavy atom. The second kappa shape index (κ2) is 7.09. The topological polar surface area (TPSA) is 33.1 Å². The Hall–Kier alpha value is -2.18. The lowest BCUT2D eigenvalue weighted by atomic mass is 9.96. The monoisotopic (exact) mass is 440 g/mol. The van der Waals surface area contributed by atoms with Crippen molar-refractivity contribution in [1.29, 1.82) is 0 Å². The first-order valence-electron chi connectivity index (χ1n) is 8.86. The minimum absolute atomic E-state index is 0.0113. The summed E-state index contributed by atoms with van der Waals surface area (Å²) in [7, 11) is 2.11. The fourth-order valence-corrected chi connectivity index (χ4v) is 4.34. The van der Waals surface area contributed by atoms with Crippen LogP contribution >= 0.6 is 28.1 Å². The molecule has 2 atom stereocenters. The summed E-state index contributed by atoms with van der Waals surface area (Å²) in [6.45, 7) is 4.30. The highest BCUT2D eigenvalue weighted by Crippen LogP contribution is 2.43. The average Bonchev–Trinajstić information content (AvgIpc) is 3.14. The van der Waals surface area contributed by atoms with Gasteiger partial charge in [0.05, 0.1) is 17.8 Å². The number of hydrogen-bond acceptors (Lipinski definition) is 2. The molecule has 0 radical (unpaired) electrons. The lowest BCUT2D eigenvalue weighted by Gasteiger charge is -2.28. The van der Waals surface area contributed by atoms with Gasteiger partial charge in [-0.2, -0.15) is 0 Å². The van der Waals surface area contributed by atoms with Gasteiger partial charge in [-0.25, -0.2) is 0 Å². The van der Waals surface area contributed by atoms with Crippen LogP contribution in [-0.2, 0) is 7.05 Å². The van der Waals surface area contributed by atoms with Gasteiger partial charge in [-0.15, -0.1) is 0 Å². The van der Waals surface area contributed by atoms with Gasteiger partial charge in [-0.05, 0) is 74.1 Å². The first-order chi connectivity index (χ1) is 13.0. The van der Waals surface area contributed by atoms with Gasteiger partial charge in [0.25, 0.3) is 0 Å². The molecule has 3 heterocycles. The van der Waals surface area contributed by atoms with Crippen LogP contribution in [0.4, 0.5) is 5.69 Å². The summed E-state index contributed by atoms with van der Waals surface area (Å²) in [6.07, 6.45) is 1.84. The molecule has 1 aliphatic heterocycles. The van der Waals surface area contributed by atoms with Crippen molar-refractivity contribution in [2.75, 3.05) is 4.90 Å². The minimum Gasteiger partial charge on any atom is -0.352 e. The molecule has 1 aliphatic rings. The fraction of sp³-hybridized carbons (Fsp3) is 0.238. The van der Waals surface area contributed by atoms with E-state index >= 15 is 0 Å². The van der Waals surface area contributed by atoms with Crippen molar-refractivity contribution >= 4 is 38.9 Å². The van der Waals surface area contributed by atoms with E-state index in [0.29, 0.717) is 0 Å². The molecule has 4 nitrogen and oxygen atoms in total. The quantitative estimate of drug-likeness (QED) is 0.582. The number of benzene rings is 1. The van der Waals surface area contributed by atoms with E-state index in [1.54, 1.807) is 0 Å². The number of rotatable bonds is 3. The highest BCUT2D eigenvalue weighted by atomic mass is 79.9. The number of thiocarbonyl (C=S) groups is 1. The van der Waals surface area contributed by atoms with Gasteiger partial charge in [0.2, 0.25) is 0 Å². The lowest BCUT2D eigenvalue weighted by molar-refractivity contribution is 0.564. The van der Waals surface area contributed by atoms with Crippen molar-refractivity contribution in [3.05, 3.63) is 81.8 Å². The van der Waals surface area contributed by atoms with Crippen LogP contribution in [-0.4, -0.2) is 14.7 Å². The molecule has 0 saturated carbocycles. The number of nitrogens with zero attached hydrogens (tertiary/aromatic N) is 3. The maximum atomic E-state index is 5.76. The zero-order valence-corrected chi connectivity index (χ0v) is 17.9. The zero-order chi connectivity index (χ0) is 19.1. The van der Waals surface area contributed by atoms with Crippen molar-refractivity contribution < 1.29 is 0 Å². The van der Waals surface area contributed by atoms with Crippen LogP contribution in [0.15, 0.2) is 59.2 Å². The summed E-state index contributed by atoms with van der Waals surface area (Å²) in [5.74, 6) is 0. The maximum absolute atomic E-state index is 5.76. The van der Waals surface area contributed by atoms with Crippen LogP contribution in [0.25, 0.3) is 0 Å². The summed E-state index contributed by atoms with van der Waals surface area (Å²) in [4.78, 5) is 6.82. The van der Waals surface area contributed by atoms with E-state index in [1.807, 2.05) is 30.5 Å². The highest BCUT2D eigenvalue weighted by molar-refractivity contribution is 9.10. The average molecular weight is 441 g/mol. The second-order valence-electron chi connectivity index (χ2n) is 6.86. The van der Waals surface area contributed by atoms with Crippen molar-refractivity contribution in [1.82, 2.24) is 14.9 Å². The summed E-state index contributed by atoms with van der Waals surface area (Å²) >= 11 is 9.28. The third-order valence-electron chi connectivity index (χ3n) is 5.34. The lowest BCUT2D eigenvalue weighted by Crippen LogP contribution is -2.29. The number of pyridine rings is 1. The maximum Gasteiger partial charge on any atom is 0.174 e. The number of aryl methyl sites for hydroxylation is 1. The molecule has 1 fully saturated rings. The van der Waals surface area contributed by atoms with Gasteiger partial charge in [-0.3, -0.25) is 4.98 Å². The molecule has 0 amide bonds. The molecular weight excluding hydrogens is 420 g/mol. The van der Waals surface area contributed by atoms with Crippen LogP contribution in [0.1, 0.15) is 34.7 Å². The smallest absolute Gasteiger partial charge is 0.174 e. The van der Waals surface area contributed by atoms with Gasteiger partial charge in [-0.1, -0.05) is 22.0 Å². The Bertz CT molecular complexity index is 981. The van der Waals surface area contributed by atoms with Crippen molar-refractivity contribution in [2.24, 2.45) is 7.05 Å². The van der Waals surface area contributed by atoms with Crippen LogP contribution in [0, 0.1) is 13.8 Å². The molecule has 2 aromatic heterocycles.